The number of hydrogen-bond donors (Lipinski definition) is 1. The van der Waals surface area contributed by atoms with E-state index in [0.29, 0.717) is 5.92 Å². The highest BCUT2D eigenvalue weighted by Gasteiger charge is 2.21. The molecule has 0 aliphatic carbocycles. The summed E-state index contributed by atoms with van der Waals surface area (Å²) in [4.78, 5) is 9.47. The molecule has 0 saturated carbocycles. The zero-order valence-corrected chi connectivity index (χ0v) is 12.3. The highest BCUT2D eigenvalue weighted by atomic mass is 16.5. The highest BCUT2D eigenvalue weighted by molar-refractivity contribution is 5.46. The summed E-state index contributed by atoms with van der Waals surface area (Å²) < 4.78 is 5.55. The van der Waals surface area contributed by atoms with E-state index in [4.69, 9.17) is 14.7 Å². The van der Waals surface area contributed by atoms with Gasteiger partial charge >= 0.3 is 0 Å². The van der Waals surface area contributed by atoms with Crippen molar-refractivity contribution in [2.45, 2.75) is 52.4 Å². The van der Waals surface area contributed by atoms with Crippen LogP contribution < -0.4 is 5.32 Å². The molecule has 1 aromatic rings. The Bertz CT molecular complexity index is 414. The van der Waals surface area contributed by atoms with Gasteiger partial charge in [0.05, 0.1) is 6.61 Å². The third kappa shape index (κ3) is 3.44. The molecule has 0 radical (unpaired) electrons. The third-order valence-corrected chi connectivity index (χ3v) is 3.65. The molecule has 0 spiro atoms. The average Bonchev–Trinajstić information content (AvgIpc) is 2.45. The van der Waals surface area contributed by atoms with E-state index >= 15 is 0 Å². The summed E-state index contributed by atoms with van der Waals surface area (Å²) in [5, 5.41) is 3.44. The van der Waals surface area contributed by atoms with Gasteiger partial charge < -0.3 is 10.1 Å². The molecule has 106 valence electrons. The number of ether oxygens (including phenoxy) is 1. The van der Waals surface area contributed by atoms with Crippen LogP contribution >= 0.6 is 0 Å². The predicted molar refractivity (Wildman–Crippen MR) is 77.7 cm³/mol. The lowest BCUT2D eigenvalue weighted by Gasteiger charge is -2.22. The van der Waals surface area contributed by atoms with Crippen LogP contribution in [0.5, 0.6) is 0 Å². The monoisotopic (exact) mass is 263 g/mol. The van der Waals surface area contributed by atoms with Crippen LogP contribution in [0.1, 0.15) is 56.1 Å². The summed E-state index contributed by atoms with van der Waals surface area (Å²) in [5.41, 5.74) is 2.35. The van der Waals surface area contributed by atoms with Crippen molar-refractivity contribution in [2.24, 2.45) is 0 Å². The summed E-state index contributed by atoms with van der Waals surface area (Å²) in [6.45, 7) is 9.02. The first kappa shape index (κ1) is 14.3. The van der Waals surface area contributed by atoms with Gasteiger partial charge in [-0.15, -0.1) is 0 Å². The van der Waals surface area contributed by atoms with Crippen LogP contribution in [0.15, 0.2) is 0 Å². The Balaban J connectivity index is 2.26. The Morgan fingerprint density at radius 3 is 2.79 bits per heavy atom. The number of hydrogen-bond acceptors (Lipinski definition) is 4. The largest absolute Gasteiger partial charge is 0.381 e. The molecule has 19 heavy (non-hydrogen) atoms. The Morgan fingerprint density at radius 1 is 1.32 bits per heavy atom. The molecule has 0 aromatic carbocycles. The Kier molecular flexibility index (Phi) is 5.14. The van der Waals surface area contributed by atoms with Crippen LogP contribution in [-0.4, -0.2) is 29.7 Å². The lowest BCUT2D eigenvalue weighted by atomic mass is 10.0. The number of anilines is 1. The van der Waals surface area contributed by atoms with Crippen molar-refractivity contribution in [1.82, 2.24) is 9.97 Å². The lowest BCUT2D eigenvalue weighted by Crippen LogP contribution is -2.20. The first-order chi connectivity index (χ1) is 9.26. The van der Waals surface area contributed by atoms with Crippen molar-refractivity contribution in [2.75, 3.05) is 25.1 Å². The fraction of sp³-hybridized carbons (Fsp3) is 0.733. The molecular formula is C15H25N3O. The van der Waals surface area contributed by atoms with E-state index in [9.17, 15) is 0 Å². The maximum absolute atomic E-state index is 5.55. The van der Waals surface area contributed by atoms with Crippen LogP contribution in [0.3, 0.4) is 0 Å². The molecule has 1 aliphatic rings. The molecule has 1 saturated heterocycles. The van der Waals surface area contributed by atoms with Crippen LogP contribution in [0, 0.1) is 6.92 Å². The average molecular weight is 263 g/mol. The van der Waals surface area contributed by atoms with E-state index < -0.39 is 0 Å². The summed E-state index contributed by atoms with van der Waals surface area (Å²) in [7, 11) is 0. The van der Waals surface area contributed by atoms with Gasteiger partial charge in [-0.1, -0.05) is 13.8 Å². The lowest BCUT2D eigenvalue weighted by molar-refractivity contribution is 0.0780. The van der Waals surface area contributed by atoms with Crippen LogP contribution in [0.25, 0.3) is 0 Å². The summed E-state index contributed by atoms with van der Waals surface area (Å²) >= 11 is 0. The number of aromatic nitrogens is 2. The zero-order chi connectivity index (χ0) is 13.7. The van der Waals surface area contributed by atoms with E-state index in [-0.39, 0.29) is 0 Å². The second-order valence-corrected chi connectivity index (χ2v) is 5.19. The van der Waals surface area contributed by atoms with Crippen LogP contribution in [0.2, 0.25) is 0 Å². The maximum atomic E-state index is 5.55. The topological polar surface area (TPSA) is 47.0 Å². The molecule has 4 heteroatoms. The molecule has 2 heterocycles. The molecule has 1 fully saturated rings. The van der Waals surface area contributed by atoms with Gasteiger partial charge in [0, 0.05) is 30.3 Å². The predicted octanol–water partition coefficient (Wildman–Crippen LogP) is 3.06. The van der Waals surface area contributed by atoms with Crippen molar-refractivity contribution in [1.29, 1.82) is 0 Å². The van der Waals surface area contributed by atoms with Crippen molar-refractivity contribution in [3.63, 3.8) is 0 Å². The summed E-state index contributed by atoms with van der Waals surface area (Å²) in [6.07, 6.45) is 4.33. The summed E-state index contributed by atoms with van der Waals surface area (Å²) in [5.74, 6) is 2.34. The SMILES string of the molecule is CCCNc1nc(C2CCCOC2)nc(C)c1CC. The van der Waals surface area contributed by atoms with Crippen LogP contribution in [0.4, 0.5) is 5.82 Å². The van der Waals surface area contributed by atoms with E-state index in [1.165, 1.54) is 5.56 Å². The Morgan fingerprint density at radius 2 is 2.16 bits per heavy atom. The van der Waals surface area contributed by atoms with Gasteiger partial charge in [0.1, 0.15) is 11.6 Å². The molecule has 0 bridgehead atoms. The molecule has 1 atom stereocenters. The quantitative estimate of drug-likeness (QED) is 0.887. The van der Waals surface area contributed by atoms with Crippen LogP contribution in [-0.2, 0) is 11.2 Å². The van der Waals surface area contributed by atoms with E-state index in [0.717, 1.165) is 62.8 Å². The van der Waals surface area contributed by atoms with Crippen molar-refractivity contribution in [3.8, 4) is 0 Å². The smallest absolute Gasteiger partial charge is 0.136 e. The number of rotatable bonds is 5. The maximum Gasteiger partial charge on any atom is 0.136 e. The molecule has 1 aliphatic heterocycles. The molecule has 0 amide bonds. The number of nitrogens with zero attached hydrogens (tertiary/aromatic N) is 2. The molecule has 1 unspecified atom stereocenters. The normalized spacial score (nSPS) is 19.4. The van der Waals surface area contributed by atoms with Crippen molar-refractivity contribution in [3.05, 3.63) is 17.1 Å². The Labute approximate surface area is 116 Å². The molecule has 4 nitrogen and oxygen atoms in total. The van der Waals surface area contributed by atoms with Gasteiger partial charge in [0.25, 0.3) is 0 Å². The number of aryl methyl sites for hydroxylation is 1. The van der Waals surface area contributed by atoms with Gasteiger partial charge in [-0.2, -0.15) is 0 Å². The number of nitrogens with one attached hydrogen (secondary N) is 1. The fourth-order valence-electron chi connectivity index (χ4n) is 2.56. The molecular weight excluding hydrogens is 238 g/mol. The van der Waals surface area contributed by atoms with E-state index in [1.807, 2.05) is 0 Å². The standard InChI is InChI=1S/C15H25N3O/c1-4-8-16-15-13(5-2)11(3)17-14(18-15)12-7-6-9-19-10-12/h12H,4-10H2,1-3H3,(H,16,17,18). The van der Waals surface area contributed by atoms with Crippen molar-refractivity contribution >= 4 is 5.82 Å². The van der Waals surface area contributed by atoms with Gasteiger partial charge in [-0.25, -0.2) is 9.97 Å². The summed E-state index contributed by atoms with van der Waals surface area (Å²) in [6, 6.07) is 0. The van der Waals surface area contributed by atoms with Gasteiger partial charge in [-0.05, 0) is 32.6 Å². The first-order valence-corrected chi connectivity index (χ1v) is 7.45. The van der Waals surface area contributed by atoms with Gasteiger partial charge in [0.15, 0.2) is 0 Å². The first-order valence-electron chi connectivity index (χ1n) is 7.45. The Hall–Kier alpha value is -1.16. The van der Waals surface area contributed by atoms with Crippen molar-refractivity contribution < 1.29 is 4.74 Å². The molecule has 1 aromatic heterocycles. The zero-order valence-electron chi connectivity index (χ0n) is 12.3. The minimum absolute atomic E-state index is 0.362. The van der Waals surface area contributed by atoms with E-state index in [1.54, 1.807) is 0 Å². The minimum Gasteiger partial charge on any atom is -0.381 e. The van der Waals surface area contributed by atoms with Gasteiger partial charge in [-0.3, -0.25) is 0 Å². The third-order valence-electron chi connectivity index (χ3n) is 3.65. The van der Waals surface area contributed by atoms with Gasteiger partial charge in [0.2, 0.25) is 0 Å². The molecule has 1 N–H and O–H groups in total. The molecule has 2 rings (SSSR count). The minimum atomic E-state index is 0.362. The second-order valence-electron chi connectivity index (χ2n) is 5.19. The van der Waals surface area contributed by atoms with E-state index in [2.05, 4.69) is 26.1 Å². The fourth-order valence-corrected chi connectivity index (χ4v) is 2.56. The highest BCUT2D eigenvalue weighted by Crippen LogP contribution is 2.26. The second kappa shape index (κ2) is 6.85.